The molecule has 0 unspecified atom stereocenters. The maximum atomic E-state index is 6.19. The summed E-state index contributed by atoms with van der Waals surface area (Å²) in [5.74, 6) is 1.37. The van der Waals surface area contributed by atoms with E-state index in [0.717, 1.165) is 12.1 Å². The Hall–Kier alpha value is -0.970. The predicted octanol–water partition coefficient (Wildman–Crippen LogP) is 2.48. The van der Waals surface area contributed by atoms with E-state index >= 15 is 0 Å². The third-order valence-electron chi connectivity index (χ3n) is 2.43. The summed E-state index contributed by atoms with van der Waals surface area (Å²) in [6.45, 7) is 4.65. The van der Waals surface area contributed by atoms with Gasteiger partial charge in [-0.2, -0.15) is 0 Å². The summed E-state index contributed by atoms with van der Waals surface area (Å²) in [4.78, 5) is 0. The number of rotatable bonds is 8. The van der Waals surface area contributed by atoms with Gasteiger partial charge in [-0.1, -0.05) is 11.6 Å². The first kappa shape index (κ1) is 15.1. The Kier molecular flexibility index (Phi) is 6.86. The Morgan fingerprint density at radius 2 is 2.00 bits per heavy atom. The summed E-state index contributed by atoms with van der Waals surface area (Å²) in [6.07, 6.45) is 0. The number of ether oxygens (including phenoxy) is 3. The van der Waals surface area contributed by atoms with Crippen molar-refractivity contribution < 1.29 is 14.2 Å². The smallest absolute Gasteiger partial charge is 0.162 e. The van der Waals surface area contributed by atoms with Crippen LogP contribution in [-0.2, 0) is 11.3 Å². The van der Waals surface area contributed by atoms with Crippen molar-refractivity contribution in [2.75, 3.05) is 34.0 Å². The van der Waals surface area contributed by atoms with Gasteiger partial charge in [0.15, 0.2) is 11.5 Å². The highest BCUT2D eigenvalue weighted by Gasteiger charge is 2.09. The molecule has 0 aromatic heterocycles. The highest BCUT2D eigenvalue weighted by molar-refractivity contribution is 6.31. The van der Waals surface area contributed by atoms with Gasteiger partial charge >= 0.3 is 0 Å². The molecule has 0 atom stereocenters. The van der Waals surface area contributed by atoms with Gasteiger partial charge in [-0.15, -0.1) is 0 Å². The van der Waals surface area contributed by atoms with Crippen LogP contribution in [-0.4, -0.2) is 34.0 Å². The Morgan fingerprint density at radius 1 is 1.22 bits per heavy atom. The van der Waals surface area contributed by atoms with Gasteiger partial charge in [0.05, 0.1) is 20.3 Å². The van der Waals surface area contributed by atoms with Gasteiger partial charge in [0.25, 0.3) is 0 Å². The van der Waals surface area contributed by atoms with Gasteiger partial charge in [0.2, 0.25) is 0 Å². The molecule has 1 aromatic rings. The minimum atomic E-state index is 0.592. The summed E-state index contributed by atoms with van der Waals surface area (Å²) in [5, 5.41) is 3.91. The van der Waals surface area contributed by atoms with Gasteiger partial charge in [-0.05, 0) is 18.6 Å². The van der Waals surface area contributed by atoms with Crippen LogP contribution in [0.1, 0.15) is 12.5 Å². The van der Waals surface area contributed by atoms with Crippen molar-refractivity contribution in [1.29, 1.82) is 0 Å². The maximum Gasteiger partial charge on any atom is 0.162 e. The molecule has 18 heavy (non-hydrogen) atoms. The molecule has 1 rings (SSSR count). The molecule has 0 aliphatic carbocycles. The number of benzene rings is 1. The van der Waals surface area contributed by atoms with E-state index in [0.29, 0.717) is 36.3 Å². The van der Waals surface area contributed by atoms with Crippen molar-refractivity contribution in [2.45, 2.75) is 13.5 Å². The average Bonchev–Trinajstić information content (AvgIpc) is 2.37. The van der Waals surface area contributed by atoms with E-state index in [2.05, 4.69) is 5.32 Å². The number of halogens is 1. The first-order valence-corrected chi connectivity index (χ1v) is 6.29. The van der Waals surface area contributed by atoms with Crippen LogP contribution in [0, 0.1) is 0 Å². The zero-order valence-corrected chi connectivity index (χ0v) is 11.8. The van der Waals surface area contributed by atoms with E-state index in [1.165, 1.54) is 0 Å². The molecule has 102 valence electrons. The molecule has 4 nitrogen and oxygen atoms in total. The molecule has 0 aliphatic rings. The second kappa shape index (κ2) is 8.19. The Labute approximate surface area is 113 Å². The monoisotopic (exact) mass is 273 g/mol. The van der Waals surface area contributed by atoms with Crippen LogP contribution in [0.3, 0.4) is 0 Å². The summed E-state index contributed by atoms with van der Waals surface area (Å²) in [7, 11) is 3.28. The average molecular weight is 274 g/mol. The Bertz CT molecular complexity index is 371. The fourth-order valence-electron chi connectivity index (χ4n) is 1.54. The lowest BCUT2D eigenvalue weighted by Crippen LogP contribution is -2.18. The maximum absolute atomic E-state index is 6.19. The molecule has 0 radical (unpaired) electrons. The molecule has 0 spiro atoms. The molecule has 5 heteroatoms. The van der Waals surface area contributed by atoms with Crippen molar-refractivity contribution >= 4 is 11.6 Å². The van der Waals surface area contributed by atoms with Crippen LogP contribution in [0.25, 0.3) is 0 Å². The first-order valence-electron chi connectivity index (χ1n) is 5.91. The lowest BCUT2D eigenvalue weighted by atomic mass is 10.2. The van der Waals surface area contributed by atoms with Gasteiger partial charge in [-0.3, -0.25) is 0 Å². The molecule has 0 bridgehead atoms. The second-order valence-corrected chi connectivity index (χ2v) is 4.10. The molecule has 0 amide bonds. The van der Waals surface area contributed by atoms with Crippen molar-refractivity contribution in [3.63, 3.8) is 0 Å². The zero-order chi connectivity index (χ0) is 13.4. The van der Waals surface area contributed by atoms with Gasteiger partial charge in [0.1, 0.15) is 0 Å². The molecular weight excluding hydrogens is 254 g/mol. The van der Waals surface area contributed by atoms with E-state index in [9.17, 15) is 0 Å². The highest BCUT2D eigenvalue weighted by Crippen LogP contribution is 2.33. The third kappa shape index (κ3) is 4.37. The molecule has 0 fully saturated rings. The van der Waals surface area contributed by atoms with E-state index in [4.69, 9.17) is 25.8 Å². The van der Waals surface area contributed by atoms with Crippen LogP contribution >= 0.6 is 11.6 Å². The SMILES string of the molecule is CCOc1cc(CNCCOC)c(Cl)cc1OC. The number of hydrogen-bond acceptors (Lipinski definition) is 4. The van der Waals surface area contributed by atoms with E-state index in [-0.39, 0.29) is 0 Å². The number of nitrogens with one attached hydrogen (secondary N) is 1. The minimum Gasteiger partial charge on any atom is -0.493 e. The summed E-state index contributed by atoms with van der Waals surface area (Å²) >= 11 is 6.19. The normalized spacial score (nSPS) is 10.4. The summed E-state index contributed by atoms with van der Waals surface area (Å²) in [6, 6.07) is 3.68. The van der Waals surface area contributed by atoms with Crippen LogP contribution in [0.15, 0.2) is 12.1 Å². The molecule has 0 saturated carbocycles. The molecule has 0 aliphatic heterocycles. The topological polar surface area (TPSA) is 39.7 Å². The fraction of sp³-hybridized carbons (Fsp3) is 0.538. The standard InChI is InChI=1S/C13H20ClNO3/c1-4-18-13-7-10(9-15-5-6-16-2)11(14)8-12(13)17-3/h7-8,15H,4-6,9H2,1-3H3. The van der Waals surface area contributed by atoms with Gasteiger partial charge in [0, 0.05) is 31.3 Å². The quantitative estimate of drug-likeness (QED) is 0.739. The molecule has 0 heterocycles. The van der Waals surface area contributed by atoms with Crippen molar-refractivity contribution in [3.8, 4) is 11.5 Å². The highest BCUT2D eigenvalue weighted by atomic mass is 35.5. The Morgan fingerprint density at radius 3 is 2.61 bits per heavy atom. The molecule has 1 aromatic carbocycles. The van der Waals surface area contributed by atoms with Crippen LogP contribution in [0.5, 0.6) is 11.5 Å². The van der Waals surface area contributed by atoms with E-state index in [1.807, 2.05) is 13.0 Å². The number of hydrogen-bond donors (Lipinski definition) is 1. The van der Waals surface area contributed by atoms with Crippen LogP contribution in [0.4, 0.5) is 0 Å². The van der Waals surface area contributed by atoms with Gasteiger partial charge < -0.3 is 19.5 Å². The number of methoxy groups -OCH3 is 2. The molecular formula is C13H20ClNO3. The van der Waals surface area contributed by atoms with Crippen LogP contribution in [0.2, 0.25) is 5.02 Å². The van der Waals surface area contributed by atoms with Gasteiger partial charge in [-0.25, -0.2) is 0 Å². The largest absolute Gasteiger partial charge is 0.493 e. The molecule has 0 saturated heterocycles. The fourth-order valence-corrected chi connectivity index (χ4v) is 1.76. The first-order chi connectivity index (χ1) is 8.72. The Balaban J connectivity index is 2.74. The van der Waals surface area contributed by atoms with Crippen molar-refractivity contribution in [2.24, 2.45) is 0 Å². The third-order valence-corrected chi connectivity index (χ3v) is 2.78. The zero-order valence-electron chi connectivity index (χ0n) is 11.1. The molecule has 1 N–H and O–H groups in total. The summed E-state index contributed by atoms with van der Waals surface area (Å²) < 4.78 is 15.7. The van der Waals surface area contributed by atoms with Crippen molar-refractivity contribution in [1.82, 2.24) is 5.32 Å². The van der Waals surface area contributed by atoms with Crippen LogP contribution < -0.4 is 14.8 Å². The minimum absolute atomic E-state index is 0.592. The van der Waals surface area contributed by atoms with E-state index in [1.54, 1.807) is 20.3 Å². The van der Waals surface area contributed by atoms with Crippen molar-refractivity contribution in [3.05, 3.63) is 22.7 Å². The lowest BCUT2D eigenvalue weighted by molar-refractivity contribution is 0.199. The predicted molar refractivity (Wildman–Crippen MR) is 72.8 cm³/mol. The second-order valence-electron chi connectivity index (χ2n) is 3.70. The lowest BCUT2D eigenvalue weighted by Gasteiger charge is -2.13. The summed E-state index contributed by atoms with van der Waals surface area (Å²) in [5.41, 5.74) is 0.983. The van der Waals surface area contributed by atoms with E-state index < -0.39 is 0 Å².